The monoisotopic (exact) mass is 306 g/mol. The summed E-state index contributed by atoms with van der Waals surface area (Å²) in [4.78, 5) is 0. The van der Waals surface area contributed by atoms with E-state index >= 15 is 0 Å². The van der Waals surface area contributed by atoms with Crippen LogP contribution in [0.5, 0.6) is 0 Å². The molecule has 122 valence electrons. The molecule has 0 heteroatoms. The quantitative estimate of drug-likeness (QED) is 0.554. The molecular formula is C23H30. The number of hydrogen-bond donors (Lipinski definition) is 0. The normalized spacial score (nSPS) is 29.4. The van der Waals surface area contributed by atoms with Crippen molar-refractivity contribution in [2.45, 2.75) is 65.2 Å². The highest BCUT2D eigenvalue weighted by Gasteiger charge is 2.49. The molecule has 0 amide bonds. The Morgan fingerprint density at radius 3 is 2.65 bits per heavy atom. The molecule has 0 radical (unpaired) electrons. The number of allylic oxidation sites excluding steroid dienone is 6. The summed E-state index contributed by atoms with van der Waals surface area (Å²) < 4.78 is 0. The molecule has 0 spiro atoms. The van der Waals surface area contributed by atoms with Gasteiger partial charge in [-0.2, -0.15) is 0 Å². The fourth-order valence-corrected chi connectivity index (χ4v) is 3.82. The smallest absolute Gasteiger partial charge is 0.000600 e. The summed E-state index contributed by atoms with van der Waals surface area (Å²) >= 11 is 0. The summed E-state index contributed by atoms with van der Waals surface area (Å²) in [6, 6.07) is 7.25. The Bertz CT molecular complexity index is 712. The highest BCUT2D eigenvalue weighted by atomic mass is 14.5. The second kappa shape index (κ2) is 5.51. The fourth-order valence-electron chi connectivity index (χ4n) is 3.82. The first-order valence-corrected chi connectivity index (χ1v) is 8.91. The van der Waals surface area contributed by atoms with Gasteiger partial charge >= 0.3 is 0 Å². The van der Waals surface area contributed by atoms with E-state index in [0.29, 0.717) is 11.3 Å². The molecule has 0 saturated heterocycles. The molecule has 2 aliphatic rings. The van der Waals surface area contributed by atoms with E-state index in [9.17, 15) is 0 Å². The molecule has 1 fully saturated rings. The zero-order valence-electron chi connectivity index (χ0n) is 15.5. The van der Waals surface area contributed by atoms with Crippen molar-refractivity contribution in [1.82, 2.24) is 0 Å². The summed E-state index contributed by atoms with van der Waals surface area (Å²) in [5, 5.41) is 0. The van der Waals surface area contributed by atoms with Crippen LogP contribution >= 0.6 is 0 Å². The number of benzene rings is 1. The molecule has 3 rings (SSSR count). The van der Waals surface area contributed by atoms with Gasteiger partial charge in [-0.25, -0.2) is 0 Å². The van der Waals surface area contributed by atoms with Crippen molar-refractivity contribution in [2.24, 2.45) is 5.92 Å². The van der Waals surface area contributed by atoms with Gasteiger partial charge in [0.1, 0.15) is 0 Å². The highest BCUT2D eigenvalue weighted by Crippen LogP contribution is 2.55. The van der Waals surface area contributed by atoms with Crippen LogP contribution in [0.3, 0.4) is 0 Å². The molecule has 0 N–H and O–H groups in total. The van der Waals surface area contributed by atoms with Crippen LogP contribution in [-0.2, 0) is 10.8 Å². The van der Waals surface area contributed by atoms with E-state index in [1.165, 1.54) is 34.3 Å². The largest absolute Gasteiger partial charge is 0.0847 e. The molecular weight excluding hydrogens is 276 g/mol. The first-order valence-electron chi connectivity index (χ1n) is 8.91. The van der Waals surface area contributed by atoms with Gasteiger partial charge < -0.3 is 0 Å². The Kier molecular flexibility index (Phi) is 3.91. The molecule has 0 aromatic heterocycles. The van der Waals surface area contributed by atoms with E-state index in [-0.39, 0.29) is 5.41 Å². The van der Waals surface area contributed by atoms with Crippen molar-refractivity contribution in [3.8, 4) is 0 Å². The minimum absolute atomic E-state index is 0.264. The number of hydrogen-bond acceptors (Lipinski definition) is 0. The van der Waals surface area contributed by atoms with Crippen molar-refractivity contribution in [1.29, 1.82) is 0 Å². The zero-order chi connectivity index (χ0) is 16.8. The lowest BCUT2D eigenvalue weighted by atomic mass is 9.72. The van der Waals surface area contributed by atoms with Crippen LogP contribution in [0.2, 0.25) is 0 Å². The first-order chi connectivity index (χ1) is 10.8. The van der Waals surface area contributed by atoms with Crippen molar-refractivity contribution in [3.63, 3.8) is 0 Å². The van der Waals surface area contributed by atoms with E-state index in [4.69, 9.17) is 0 Å². The number of fused-ring (bicyclic) bond motifs is 1. The molecule has 1 saturated carbocycles. The molecule has 0 bridgehead atoms. The van der Waals surface area contributed by atoms with Crippen molar-refractivity contribution >= 4 is 5.57 Å². The molecule has 0 aliphatic heterocycles. The van der Waals surface area contributed by atoms with E-state index in [1.54, 1.807) is 0 Å². The van der Waals surface area contributed by atoms with Gasteiger partial charge in [0.25, 0.3) is 0 Å². The van der Waals surface area contributed by atoms with Gasteiger partial charge in [0.05, 0.1) is 0 Å². The Hall–Kier alpha value is -1.56. The van der Waals surface area contributed by atoms with Crippen LogP contribution in [0.15, 0.2) is 48.1 Å². The first kappa shape index (κ1) is 16.3. The van der Waals surface area contributed by atoms with Crippen LogP contribution in [-0.4, -0.2) is 0 Å². The van der Waals surface area contributed by atoms with Gasteiger partial charge in [0.2, 0.25) is 0 Å². The molecule has 0 heterocycles. The lowest BCUT2D eigenvalue weighted by molar-refractivity contribution is 0.526. The average molecular weight is 306 g/mol. The minimum atomic E-state index is 0.264. The second-order valence-electron chi connectivity index (χ2n) is 8.36. The standard InChI is InChI=1S/C23H30/c1-7-16(2)8-9-19-15-23(19,6)18-10-11-21-20(14-18)17(3)12-13-22(21,4)5/h7-12,14,19H,13,15H2,1-6H3/b9-8+,16-7+. The van der Waals surface area contributed by atoms with Gasteiger partial charge in [-0.05, 0) is 72.6 Å². The van der Waals surface area contributed by atoms with Crippen molar-refractivity contribution < 1.29 is 0 Å². The zero-order valence-corrected chi connectivity index (χ0v) is 15.5. The van der Waals surface area contributed by atoms with Crippen molar-refractivity contribution in [3.05, 3.63) is 64.8 Å². The summed E-state index contributed by atoms with van der Waals surface area (Å²) in [7, 11) is 0. The molecule has 1 aromatic rings. The van der Waals surface area contributed by atoms with Gasteiger partial charge in [-0.15, -0.1) is 0 Å². The minimum Gasteiger partial charge on any atom is -0.0847 e. The summed E-state index contributed by atoms with van der Waals surface area (Å²) in [5.41, 5.74) is 7.88. The van der Waals surface area contributed by atoms with Crippen LogP contribution in [0.25, 0.3) is 5.57 Å². The van der Waals surface area contributed by atoms with Crippen LogP contribution in [0, 0.1) is 5.92 Å². The lowest BCUT2D eigenvalue weighted by Gasteiger charge is -2.32. The maximum atomic E-state index is 2.47. The molecule has 23 heavy (non-hydrogen) atoms. The lowest BCUT2D eigenvalue weighted by Crippen LogP contribution is -2.21. The molecule has 2 aliphatic carbocycles. The van der Waals surface area contributed by atoms with Gasteiger partial charge in [-0.3, -0.25) is 0 Å². The predicted molar refractivity (Wildman–Crippen MR) is 102 cm³/mol. The Balaban J connectivity index is 1.91. The van der Waals surface area contributed by atoms with E-state index in [0.717, 1.165) is 6.42 Å². The second-order valence-corrected chi connectivity index (χ2v) is 8.36. The van der Waals surface area contributed by atoms with E-state index in [1.807, 2.05) is 0 Å². The van der Waals surface area contributed by atoms with Crippen LogP contribution < -0.4 is 0 Å². The third-order valence-corrected chi connectivity index (χ3v) is 6.10. The summed E-state index contributed by atoms with van der Waals surface area (Å²) in [6.45, 7) is 13.7. The predicted octanol–water partition coefficient (Wildman–Crippen LogP) is 6.57. The summed E-state index contributed by atoms with van der Waals surface area (Å²) in [6.07, 6.45) is 11.7. The third-order valence-electron chi connectivity index (χ3n) is 6.10. The van der Waals surface area contributed by atoms with Crippen LogP contribution in [0.4, 0.5) is 0 Å². The van der Waals surface area contributed by atoms with E-state index in [2.05, 4.69) is 84.0 Å². The van der Waals surface area contributed by atoms with Gasteiger partial charge in [0, 0.05) is 0 Å². The maximum absolute atomic E-state index is 2.47. The highest BCUT2D eigenvalue weighted by molar-refractivity contribution is 5.71. The van der Waals surface area contributed by atoms with Gasteiger partial charge in [0.15, 0.2) is 0 Å². The molecule has 1 aromatic carbocycles. The SMILES string of the molecule is C/C=C(C)/C=C/C1CC1(C)c1ccc2c(c1)C(C)=CCC2(C)C. The average Bonchev–Trinajstić information content (AvgIpc) is 3.20. The molecule has 2 unspecified atom stereocenters. The maximum Gasteiger partial charge on any atom is -0.000600 e. The molecule has 0 nitrogen and oxygen atoms in total. The Labute approximate surface area is 142 Å². The molecule has 2 atom stereocenters. The Morgan fingerprint density at radius 1 is 1.22 bits per heavy atom. The Morgan fingerprint density at radius 2 is 1.96 bits per heavy atom. The number of rotatable bonds is 3. The fraction of sp³-hybridized carbons (Fsp3) is 0.478. The van der Waals surface area contributed by atoms with Crippen molar-refractivity contribution in [2.75, 3.05) is 0 Å². The van der Waals surface area contributed by atoms with Crippen LogP contribution in [0.1, 0.15) is 71.1 Å². The third kappa shape index (κ3) is 2.84. The topological polar surface area (TPSA) is 0 Å². The summed E-state index contributed by atoms with van der Waals surface area (Å²) in [5.74, 6) is 0.677. The van der Waals surface area contributed by atoms with E-state index < -0.39 is 0 Å². The van der Waals surface area contributed by atoms with Gasteiger partial charge in [-0.1, -0.05) is 68.8 Å².